The van der Waals surface area contributed by atoms with E-state index < -0.39 is 0 Å². The lowest BCUT2D eigenvalue weighted by Crippen LogP contribution is -2.22. The first-order valence-electron chi connectivity index (χ1n) is 6.02. The highest BCUT2D eigenvalue weighted by Gasteiger charge is 2.05. The van der Waals surface area contributed by atoms with Crippen LogP contribution in [0.25, 0.3) is 0 Å². The molecule has 2 aromatic rings. The molecule has 0 saturated heterocycles. The van der Waals surface area contributed by atoms with Crippen molar-refractivity contribution in [2.24, 2.45) is 0 Å². The number of aromatic nitrogens is 1. The number of carbonyl (C=O) groups is 1. The minimum absolute atomic E-state index is 0.107. The first-order valence-corrected chi connectivity index (χ1v) is 6.02. The third-order valence-corrected chi connectivity index (χ3v) is 2.74. The fraction of sp³-hybridized carbons (Fsp3) is 0.200. The van der Waals surface area contributed by atoms with Gasteiger partial charge in [-0.2, -0.15) is 0 Å². The highest BCUT2D eigenvalue weighted by Crippen LogP contribution is 2.11. The second-order valence-corrected chi connectivity index (χ2v) is 4.28. The second-order valence-electron chi connectivity index (χ2n) is 4.28. The molecule has 1 heterocycles. The fourth-order valence-electron chi connectivity index (χ4n) is 1.74. The number of nitrogens with one attached hydrogen (secondary N) is 1. The molecule has 1 N–H and O–H groups in total. The summed E-state index contributed by atoms with van der Waals surface area (Å²) in [4.78, 5) is 16.0. The standard InChI is InChI=1S/C15H16N2O2/c1-11-7-12(9-16-8-11)10-17-15(18)13-3-5-14(19-2)6-4-13/h3-9H,10H2,1-2H3,(H,17,18). The summed E-state index contributed by atoms with van der Waals surface area (Å²) in [6, 6.07) is 9.01. The molecule has 0 bridgehead atoms. The number of hydrogen-bond donors (Lipinski definition) is 1. The van der Waals surface area contributed by atoms with Crippen LogP contribution in [0.4, 0.5) is 0 Å². The minimum Gasteiger partial charge on any atom is -0.497 e. The van der Waals surface area contributed by atoms with Gasteiger partial charge >= 0.3 is 0 Å². The molecule has 98 valence electrons. The van der Waals surface area contributed by atoms with Gasteiger partial charge in [0.2, 0.25) is 0 Å². The maximum Gasteiger partial charge on any atom is 0.251 e. The van der Waals surface area contributed by atoms with Crippen molar-refractivity contribution < 1.29 is 9.53 Å². The highest BCUT2D eigenvalue weighted by atomic mass is 16.5. The predicted octanol–water partition coefficient (Wildman–Crippen LogP) is 2.33. The topological polar surface area (TPSA) is 51.2 Å². The van der Waals surface area contributed by atoms with Crippen LogP contribution in [0.3, 0.4) is 0 Å². The first-order chi connectivity index (χ1) is 9.19. The van der Waals surface area contributed by atoms with E-state index in [1.54, 1.807) is 43.8 Å². The number of rotatable bonds is 4. The number of aryl methyl sites for hydroxylation is 1. The van der Waals surface area contributed by atoms with Crippen LogP contribution in [0.1, 0.15) is 21.5 Å². The summed E-state index contributed by atoms with van der Waals surface area (Å²) in [5.41, 5.74) is 2.68. The molecular weight excluding hydrogens is 240 g/mol. The summed E-state index contributed by atoms with van der Waals surface area (Å²) in [6.07, 6.45) is 3.54. The molecule has 0 unspecified atom stereocenters. The number of nitrogens with zero attached hydrogens (tertiary/aromatic N) is 1. The molecule has 0 aliphatic rings. The van der Waals surface area contributed by atoms with E-state index in [2.05, 4.69) is 10.3 Å². The van der Waals surface area contributed by atoms with E-state index in [0.717, 1.165) is 16.9 Å². The summed E-state index contributed by atoms with van der Waals surface area (Å²) in [7, 11) is 1.60. The highest BCUT2D eigenvalue weighted by molar-refractivity contribution is 5.94. The molecule has 1 aromatic heterocycles. The van der Waals surface area contributed by atoms with Gasteiger partial charge in [-0.05, 0) is 42.3 Å². The van der Waals surface area contributed by atoms with Gasteiger partial charge in [-0.3, -0.25) is 9.78 Å². The molecule has 1 aromatic carbocycles. The van der Waals surface area contributed by atoms with Crippen LogP contribution in [-0.4, -0.2) is 18.0 Å². The molecule has 0 atom stereocenters. The van der Waals surface area contributed by atoms with E-state index >= 15 is 0 Å². The van der Waals surface area contributed by atoms with Crippen molar-refractivity contribution >= 4 is 5.91 Å². The summed E-state index contributed by atoms with van der Waals surface area (Å²) in [5, 5.41) is 2.86. The lowest BCUT2D eigenvalue weighted by molar-refractivity contribution is 0.0951. The number of hydrogen-bond acceptors (Lipinski definition) is 3. The van der Waals surface area contributed by atoms with Gasteiger partial charge in [0.15, 0.2) is 0 Å². The van der Waals surface area contributed by atoms with E-state index in [4.69, 9.17) is 4.74 Å². The molecule has 1 amide bonds. The van der Waals surface area contributed by atoms with Crippen LogP contribution in [0, 0.1) is 6.92 Å². The Labute approximate surface area is 112 Å². The fourth-order valence-corrected chi connectivity index (χ4v) is 1.74. The van der Waals surface area contributed by atoms with Gasteiger partial charge in [-0.1, -0.05) is 6.07 Å². The van der Waals surface area contributed by atoms with E-state index in [-0.39, 0.29) is 5.91 Å². The number of benzene rings is 1. The Kier molecular flexibility index (Phi) is 4.13. The average molecular weight is 256 g/mol. The lowest BCUT2D eigenvalue weighted by atomic mass is 10.2. The molecule has 0 spiro atoms. The molecule has 0 saturated carbocycles. The zero-order valence-electron chi connectivity index (χ0n) is 11.0. The second kappa shape index (κ2) is 6.00. The number of ether oxygens (including phenoxy) is 1. The normalized spacial score (nSPS) is 10.0. The molecule has 0 fully saturated rings. The molecule has 4 nitrogen and oxygen atoms in total. The van der Waals surface area contributed by atoms with Gasteiger partial charge in [0.1, 0.15) is 5.75 Å². The van der Waals surface area contributed by atoms with Crippen LogP contribution in [-0.2, 0) is 6.54 Å². The van der Waals surface area contributed by atoms with Crippen molar-refractivity contribution in [3.63, 3.8) is 0 Å². The van der Waals surface area contributed by atoms with Crippen molar-refractivity contribution in [2.75, 3.05) is 7.11 Å². The Morgan fingerprint density at radius 3 is 2.63 bits per heavy atom. The minimum atomic E-state index is -0.107. The molecule has 0 radical (unpaired) electrons. The van der Waals surface area contributed by atoms with Crippen molar-refractivity contribution in [2.45, 2.75) is 13.5 Å². The van der Waals surface area contributed by atoms with Crippen LogP contribution >= 0.6 is 0 Å². The van der Waals surface area contributed by atoms with Gasteiger partial charge in [0.25, 0.3) is 5.91 Å². The quantitative estimate of drug-likeness (QED) is 0.913. The van der Waals surface area contributed by atoms with Crippen molar-refractivity contribution in [3.8, 4) is 5.75 Å². The van der Waals surface area contributed by atoms with Crippen molar-refractivity contribution in [1.82, 2.24) is 10.3 Å². The molecule has 0 aliphatic heterocycles. The Morgan fingerprint density at radius 1 is 1.26 bits per heavy atom. The average Bonchev–Trinajstić information content (AvgIpc) is 2.45. The van der Waals surface area contributed by atoms with Crippen LogP contribution in [0.2, 0.25) is 0 Å². The third kappa shape index (κ3) is 3.55. The molecule has 0 aliphatic carbocycles. The summed E-state index contributed by atoms with van der Waals surface area (Å²) in [5.74, 6) is 0.628. The Bertz CT molecular complexity index is 565. The number of pyridine rings is 1. The van der Waals surface area contributed by atoms with Crippen LogP contribution in [0.5, 0.6) is 5.75 Å². The third-order valence-electron chi connectivity index (χ3n) is 2.74. The van der Waals surface area contributed by atoms with Crippen molar-refractivity contribution in [1.29, 1.82) is 0 Å². The summed E-state index contributed by atoms with van der Waals surface area (Å²) >= 11 is 0. The van der Waals surface area contributed by atoms with E-state index in [9.17, 15) is 4.79 Å². The predicted molar refractivity (Wildman–Crippen MR) is 73.1 cm³/mol. The van der Waals surface area contributed by atoms with E-state index in [0.29, 0.717) is 12.1 Å². The number of amides is 1. The van der Waals surface area contributed by atoms with Gasteiger partial charge < -0.3 is 10.1 Å². The van der Waals surface area contributed by atoms with Crippen LogP contribution < -0.4 is 10.1 Å². The maximum atomic E-state index is 11.9. The van der Waals surface area contributed by atoms with Gasteiger partial charge in [-0.15, -0.1) is 0 Å². The van der Waals surface area contributed by atoms with E-state index in [1.807, 2.05) is 13.0 Å². The SMILES string of the molecule is COc1ccc(C(=O)NCc2cncc(C)c2)cc1. The molecule has 4 heteroatoms. The van der Waals surface area contributed by atoms with Crippen molar-refractivity contribution in [3.05, 3.63) is 59.4 Å². The zero-order chi connectivity index (χ0) is 13.7. The monoisotopic (exact) mass is 256 g/mol. The largest absolute Gasteiger partial charge is 0.497 e. The maximum absolute atomic E-state index is 11.9. The Morgan fingerprint density at radius 2 is 2.00 bits per heavy atom. The molecule has 2 rings (SSSR count). The molecule has 19 heavy (non-hydrogen) atoms. The Balaban J connectivity index is 1.97. The summed E-state index contributed by atoms with van der Waals surface area (Å²) < 4.78 is 5.05. The number of carbonyl (C=O) groups excluding carboxylic acids is 1. The zero-order valence-corrected chi connectivity index (χ0v) is 11.0. The van der Waals surface area contributed by atoms with Gasteiger partial charge in [0.05, 0.1) is 7.11 Å². The lowest BCUT2D eigenvalue weighted by Gasteiger charge is -2.06. The smallest absolute Gasteiger partial charge is 0.251 e. The number of methoxy groups -OCH3 is 1. The Hall–Kier alpha value is -2.36. The van der Waals surface area contributed by atoms with Gasteiger partial charge in [-0.25, -0.2) is 0 Å². The van der Waals surface area contributed by atoms with Crippen LogP contribution in [0.15, 0.2) is 42.7 Å². The summed E-state index contributed by atoms with van der Waals surface area (Å²) in [6.45, 7) is 2.45. The first kappa shape index (κ1) is 13.1. The molecular formula is C15H16N2O2. The van der Waals surface area contributed by atoms with Gasteiger partial charge in [0, 0.05) is 24.5 Å². The van der Waals surface area contributed by atoms with E-state index in [1.165, 1.54) is 0 Å².